The number of nitrogens with zero attached hydrogens (tertiary/aromatic N) is 1. The van der Waals surface area contributed by atoms with Gasteiger partial charge in [0.2, 0.25) is 0 Å². The van der Waals surface area contributed by atoms with Gasteiger partial charge in [0.15, 0.2) is 0 Å². The number of hydrogen-bond donors (Lipinski definition) is 4. The number of hydrogen-bond acceptors (Lipinski definition) is 4. The molecule has 1 fully saturated rings. The van der Waals surface area contributed by atoms with Crippen LogP contribution in [0.25, 0.3) is 0 Å². The number of carboxylic acid groups (broad SMARTS) is 1. The molecule has 16 heavy (non-hydrogen) atoms. The lowest BCUT2D eigenvalue weighted by Crippen LogP contribution is -2.51. The minimum atomic E-state index is -1.08. The van der Waals surface area contributed by atoms with Crippen LogP contribution in [-0.2, 0) is 0 Å². The Morgan fingerprint density at radius 3 is 2.56 bits per heavy atom. The predicted octanol–water partition coefficient (Wildman–Crippen LogP) is -0.700. The molecule has 0 spiro atoms. The highest BCUT2D eigenvalue weighted by atomic mass is 16.4. The molecular weight excluding hydrogens is 210 g/mol. The molecule has 1 amide bonds. The minimum absolute atomic E-state index is 0.127. The maximum Gasteiger partial charge on any atom is 0.404 e. The van der Waals surface area contributed by atoms with Gasteiger partial charge in [0.25, 0.3) is 0 Å². The summed E-state index contributed by atoms with van der Waals surface area (Å²) in [4.78, 5) is 12.6. The highest BCUT2D eigenvalue weighted by molar-refractivity contribution is 5.64. The van der Waals surface area contributed by atoms with Gasteiger partial charge in [-0.1, -0.05) is 0 Å². The third-order valence-corrected chi connectivity index (χ3v) is 3.03. The van der Waals surface area contributed by atoms with Gasteiger partial charge in [0.1, 0.15) is 0 Å². The van der Waals surface area contributed by atoms with E-state index in [0.717, 1.165) is 26.2 Å². The lowest BCUT2D eigenvalue weighted by atomic mass is 9.91. The third-order valence-electron chi connectivity index (χ3n) is 3.03. The van der Waals surface area contributed by atoms with Gasteiger partial charge in [-0.25, -0.2) is 4.79 Å². The molecule has 6 heteroatoms. The monoisotopic (exact) mass is 231 g/mol. The summed E-state index contributed by atoms with van der Waals surface area (Å²) in [6.45, 7) is 3.67. The van der Waals surface area contributed by atoms with E-state index in [1.165, 1.54) is 0 Å². The normalized spacial score (nSPS) is 20.6. The fourth-order valence-electron chi connectivity index (χ4n) is 1.88. The van der Waals surface area contributed by atoms with Gasteiger partial charge in [0, 0.05) is 32.7 Å². The summed E-state index contributed by atoms with van der Waals surface area (Å²) in [6.07, 6.45) is 0.166. The van der Waals surface area contributed by atoms with Crippen molar-refractivity contribution in [2.75, 3.05) is 39.8 Å². The zero-order valence-electron chi connectivity index (χ0n) is 9.70. The van der Waals surface area contributed by atoms with Crippen LogP contribution in [0.3, 0.4) is 0 Å². The topological polar surface area (TPSA) is 84.8 Å². The maximum atomic E-state index is 10.3. The summed E-state index contributed by atoms with van der Waals surface area (Å²) in [7, 11) is 1.91. The molecule has 0 aromatic heterocycles. The van der Waals surface area contributed by atoms with E-state index in [9.17, 15) is 9.90 Å². The van der Waals surface area contributed by atoms with Gasteiger partial charge in [-0.15, -0.1) is 0 Å². The fourth-order valence-corrected chi connectivity index (χ4v) is 1.88. The van der Waals surface area contributed by atoms with Gasteiger partial charge in [-0.3, -0.25) is 0 Å². The second-order valence-electron chi connectivity index (χ2n) is 4.33. The van der Waals surface area contributed by atoms with Crippen molar-refractivity contribution in [2.45, 2.75) is 18.4 Å². The maximum absolute atomic E-state index is 10.3. The standard InChI is InChI=1S/C10H21N3O3/c1-11-4-7-13-5-2-10(16,3-6-13)8-12-9(14)15/h11-12,16H,2-8H2,1H3,(H,14,15). The van der Waals surface area contributed by atoms with E-state index in [1.54, 1.807) is 0 Å². The van der Waals surface area contributed by atoms with Crippen molar-refractivity contribution < 1.29 is 15.0 Å². The Hall–Kier alpha value is -0.850. The van der Waals surface area contributed by atoms with Crippen LogP contribution < -0.4 is 10.6 Å². The van der Waals surface area contributed by atoms with E-state index < -0.39 is 11.7 Å². The summed E-state index contributed by atoms with van der Waals surface area (Å²) >= 11 is 0. The quantitative estimate of drug-likeness (QED) is 0.503. The molecule has 94 valence electrons. The Morgan fingerprint density at radius 2 is 2.06 bits per heavy atom. The molecule has 1 heterocycles. The minimum Gasteiger partial charge on any atom is -0.465 e. The lowest BCUT2D eigenvalue weighted by Gasteiger charge is -2.38. The molecule has 0 saturated carbocycles. The molecule has 1 rings (SSSR count). The van der Waals surface area contributed by atoms with Gasteiger partial charge < -0.3 is 25.7 Å². The number of rotatable bonds is 5. The summed E-state index contributed by atoms with van der Waals surface area (Å²) in [5, 5.41) is 23.9. The van der Waals surface area contributed by atoms with Crippen LogP contribution >= 0.6 is 0 Å². The van der Waals surface area contributed by atoms with Gasteiger partial charge in [-0.05, 0) is 19.9 Å². The number of amides is 1. The van der Waals surface area contributed by atoms with Crippen LogP contribution in [0, 0.1) is 0 Å². The van der Waals surface area contributed by atoms with Gasteiger partial charge >= 0.3 is 6.09 Å². The predicted molar refractivity (Wildman–Crippen MR) is 60.6 cm³/mol. The first-order valence-corrected chi connectivity index (χ1v) is 5.62. The van der Waals surface area contributed by atoms with Crippen molar-refractivity contribution in [3.05, 3.63) is 0 Å². The van der Waals surface area contributed by atoms with Crippen molar-refractivity contribution >= 4 is 6.09 Å². The number of carbonyl (C=O) groups is 1. The van der Waals surface area contributed by atoms with Crippen molar-refractivity contribution in [3.63, 3.8) is 0 Å². The molecule has 0 radical (unpaired) electrons. The van der Waals surface area contributed by atoms with Crippen molar-refractivity contribution in [2.24, 2.45) is 0 Å². The summed E-state index contributed by atoms with van der Waals surface area (Å²) in [5.41, 5.74) is -0.867. The smallest absolute Gasteiger partial charge is 0.404 e. The second kappa shape index (κ2) is 6.03. The van der Waals surface area contributed by atoms with E-state index in [2.05, 4.69) is 15.5 Å². The molecule has 0 aromatic rings. The molecular formula is C10H21N3O3. The highest BCUT2D eigenvalue weighted by Gasteiger charge is 2.32. The number of piperidine rings is 1. The van der Waals surface area contributed by atoms with Crippen molar-refractivity contribution in [3.8, 4) is 0 Å². The molecule has 0 unspecified atom stereocenters. The van der Waals surface area contributed by atoms with Crippen LogP contribution in [0.2, 0.25) is 0 Å². The largest absolute Gasteiger partial charge is 0.465 e. The average Bonchev–Trinajstić information content (AvgIpc) is 2.26. The number of likely N-dealkylation sites (N-methyl/N-ethyl adjacent to an activating group) is 1. The Labute approximate surface area is 95.6 Å². The van der Waals surface area contributed by atoms with E-state index >= 15 is 0 Å². The zero-order valence-corrected chi connectivity index (χ0v) is 9.70. The molecule has 4 N–H and O–H groups in total. The Bertz CT molecular complexity index is 227. The molecule has 1 saturated heterocycles. The molecule has 0 aliphatic carbocycles. The summed E-state index contributed by atoms with van der Waals surface area (Å²) < 4.78 is 0. The number of nitrogens with one attached hydrogen (secondary N) is 2. The SMILES string of the molecule is CNCCN1CCC(O)(CNC(=O)O)CC1. The molecule has 1 aliphatic heterocycles. The van der Waals surface area contributed by atoms with Crippen LogP contribution in [0.1, 0.15) is 12.8 Å². The van der Waals surface area contributed by atoms with Gasteiger partial charge in [0.05, 0.1) is 5.60 Å². The van der Waals surface area contributed by atoms with Crippen LogP contribution in [-0.4, -0.2) is 66.6 Å². The molecule has 6 nitrogen and oxygen atoms in total. The first kappa shape index (κ1) is 13.2. The molecule has 0 bridgehead atoms. The van der Waals surface area contributed by atoms with Crippen molar-refractivity contribution in [1.82, 2.24) is 15.5 Å². The number of likely N-dealkylation sites (tertiary alicyclic amines) is 1. The Kier molecular flexibility index (Phi) is 4.98. The van der Waals surface area contributed by atoms with Crippen LogP contribution in [0.15, 0.2) is 0 Å². The molecule has 1 aliphatic rings. The lowest BCUT2D eigenvalue weighted by molar-refractivity contribution is -0.0185. The first-order valence-electron chi connectivity index (χ1n) is 5.62. The second-order valence-corrected chi connectivity index (χ2v) is 4.33. The summed E-state index contributed by atoms with van der Waals surface area (Å²) in [6, 6.07) is 0. The first-order chi connectivity index (χ1) is 7.56. The fraction of sp³-hybridized carbons (Fsp3) is 0.900. The van der Waals surface area contributed by atoms with E-state index in [0.29, 0.717) is 12.8 Å². The van der Waals surface area contributed by atoms with Crippen molar-refractivity contribution in [1.29, 1.82) is 0 Å². The average molecular weight is 231 g/mol. The van der Waals surface area contributed by atoms with E-state index in [4.69, 9.17) is 5.11 Å². The van der Waals surface area contributed by atoms with Gasteiger partial charge in [-0.2, -0.15) is 0 Å². The zero-order chi connectivity index (χ0) is 12.0. The van der Waals surface area contributed by atoms with E-state index in [-0.39, 0.29) is 6.54 Å². The van der Waals surface area contributed by atoms with Crippen LogP contribution in [0.5, 0.6) is 0 Å². The van der Waals surface area contributed by atoms with E-state index in [1.807, 2.05) is 7.05 Å². The third kappa shape index (κ3) is 4.34. The van der Waals surface area contributed by atoms with Crippen LogP contribution in [0.4, 0.5) is 4.79 Å². The summed E-state index contributed by atoms with van der Waals surface area (Å²) in [5.74, 6) is 0. The number of aliphatic hydroxyl groups is 1. The Morgan fingerprint density at radius 1 is 1.44 bits per heavy atom. The highest BCUT2D eigenvalue weighted by Crippen LogP contribution is 2.20. The Balaban J connectivity index is 2.26. The molecule has 0 atom stereocenters. The molecule has 0 aromatic carbocycles.